The molecule has 4 heteroatoms. The molecular formula is C16H18N2O2. The second-order valence-electron chi connectivity index (χ2n) is 5.06. The lowest BCUT2D eigenvalue weighted by Crippen LogP contribution is -2.21. The molecular weight excluding hydrogens is 252 g/mol. The molecule has 3 N–H and O–H groups in total. The Morgan fingerprint density at radius 1 is 1.20 bits per heavy atom. The molecule has 104 valence electrons. The standard InChI is InChI=1S/C16H18N2O2/c17-8-14(15-3-1-2-6-18-15)16(19)11-4-5-12-9-20-10-13(12)7-11/h1-7,14,16,19H,8-10,17H2. The van der Waals surface area contributed by atoms with Crippen LogP contribution in [0, 0.1) is 0 Å². The maximum atomic E-state index is 10.6. The quantitative estimate of drug-likeness (QED) is 0.890. The average molecular weight is 270 g/mol. The Bertz CT molecular complexity index is 586. The zero-order chi connectivity index (χ0) is 13.9. The lowest BCUT2D eigenvalue weighted by molar-refractivity contribution is 0.134. The van der Waals surface area contributed by atoms with Gasteiger partial charge in [0.2, 0.25) is 0 Å². The van der Waals surface area contributed by atoms with Crippen molar-refractivity contribution in [1.82, 2.24) is 4.98 Å². The monoisotopic (exact) mass is 270 g/mol. The fourth-order valence-electron chi connectivity index (χ4n) is 2.61. The Balaban J connectivity index is 1.89. The van der Waals surface area contributed by atoms with Gasteiger partial charge in [0.25, 0.3) is 0 Å². The molecule has 0 radical (unpaired) electrons. The summed E-state index contributed by atoms with van der Waals surface area (Å²) in [6.45, 7) is 1.63. The smallest absolute Gasteiger partial charge is 0.0885 e. The van der Waals surface area contributed by atoms with Gasteiger partial charge >= 0.3 is 0 Å². The van der Waals surface area contributed by atoms with Gasteiger partial charge in [-0.15, -0.1) is 0 Å². The molecule has 2 atom stereocenters. The van der Waals surface area contributed by atoms with Gasteiger partial charge in [0.05, 0.1) is 19.3 Å². The minimum absolute atomic E-state index is 0.198. The number of aliphatic hydroxyl groups is 1. The van der Waals surface area contributed by atoms with Crippen molar-refractivity contribution in [1.29, 1.82) is 0 Å². The maximum Gasteiger partial charge on any atom is 0.0885 e. The Morgan fingerprint density at radius 3 is 2.80 bits per heavy atom. The maximum absolute atomic E-state index is 10.6. The van der Waals surface area contributed by atoms with Crippen LogP contribution in [0.15, 0.2) is 42.6 Å². The molecule has 0 amide bonds. The van der Waals surface area contributed by atoms with E-state index in [0.717, 1.165) is 16.8 Å². The normalized spacial score (nSPS) is 16.7. The molecule has 2 unspecified atom stereocenters. The van der Waals surface area contributed by atoms with E-state index in [9.17, 15) is 5.11 Å². The van der Waals surface area contributed by atoms with Gasteiger partial charge in [-0.3, -0.25) is 4.98 Å². The predicted octanol–water partition coefficient (Wildman–Crippen LogP) is 1.89. The summed E-state index contributed by atoms with van der Waals surface area (Å²) >= 11 is 0. The summed E-state index contributed by atoms with van der Waals surface area (Å²) in [6, 6.07) is 11.6. The van der Waals surface area contributed by atoms with Crippen molar-refractivity contribution >= 4 is 0 Å². The number of benzene rings is 1. The summed E-state index contributed by atoms with van der Waals surface area (Å²) in [5, 5.41) is 10.6. The van der Waals surface area contributed by atoms with Gasteiger partial charge < -0.3 is 15.6 Å². The molecule has 0 saturated heterocycles. The van der Waals surface area contributed by atoms with E-state index >= 15 is 0 Å². The SMILES string of the molecule is NCC(c1ccccn1)C(O)c1ccc2c(c1)COC2. The molecule has 1 aliphatic rings. The summed E-state index contributed by atoms with van der Waals surface area (Å²) in [4.78, 5) is 4.30. The highest BCUT2D eigenvalue weighted by molar-refractivity contribution is 5.35. The van der Waals surface area contributed by atoms with Crippen LogP contribution < -0.4 is 5.73 Å². The fraction of sp³-hybridized carbons (Fsp3) is 0.312. The molecule has 4 nitrogen and oxygen atoms in total. The minimum atomic E-state index is -0.652. The lowest BCUT2D eigenvalue weighted by Gasteiger charge is -2.21. The van der Waals surface area contributed by atoms with E-state index in [2.05, 4.69) is 4.98 Å². The van der Waals surface area contributed by atoms with Crippen molar-refractivity contribution in [2.45, 2.75) is 25.2 Å². The van der Waals surface area contributed by atoms with Crippen molar-refractivity contribution in [3.05, 3.63) is 65.0 Å². The molecule has 20 heavy (non-hydrogen) atoms. The second-order valence-corrected chi connectivity index (χ2v) is 5.06. The molecule has 2 aromatic rings. The molecule has 0 spiro atoms. The highest BCUT2D eigenvalue weighted by Crippen LogP contribution is 2.31. The van der Waals surface area contributed by atoms with Crippen molar-refractivity contribution in [3.63, 3.8) is 0 Å². The number of rotatable bonds is 4. The molecule has 2 heterocycles. The number of hydrogen-bond donors (Lipinski definition) is 2. The first kappa shape index (κ1) is 13.2. The van der Waals surface area contributed by atoms with Gasteiger partial charge in [0.1, 0.15) is 0 Å². The van der Waals surface area contributed by atoms with Crippen molar-refractivity contribution in [2.75, 3.05) is 6.54 Å². The highest BCUT2D eigenvalue weighted by atomic mass is 16.5. The Kier molecular flexibility index (Phi) is 3.78. The van der Waals surface area contributed by atoms with Crippen LogP contribution in [-0.2, 0) is 18.0 Å². The molecule has 1 aromatic heterocycles. The summed E-state index contributed by atoms with van der Waals surface area (Å²) in [7, 11) is 0. The van der Waals surface area contributed by atoms with Gasteiger partial charge in [-0.2, -0.15) is 0 Å². The first-order chi connectivity index (χ1) is 9.79. The predicted molar refractivity (Wildman–Crippen MR) is 75.9 cm³/mol. The van der Waals surface area contributed by atoms with Gasteiger partial charge in [-0.25, -0.2) is 0 Å². The number of aromatic nitrogens is 1. The number of pyridine rings is 1. The highest BCUT2D eigenvalue weighted by Gasteiger charge is 2.24. The second kappa shape index (κ2) is 5.71. The third kappa shape index (κ3) is 2.45. The number of hydrogen-bond acceptors (Lipinski definition) is 4. The summed E-state index contributed by atoms with van der Waals surface area (Å²) in [6.07, 6.45) is 1.07. The van der Waals surface area contributed by atoms with E-state index < -0.39 is 6.10 Å². The van der Waals surface area contributed by atoms with Crippen molar-refractivity contribution < 1.29 is 9.84 Å². The van der Waals surface area contributed by atoms with E-state index in [1.165, 1.54) is 5.56 Å². The Labute approximate surface area is 118 Å². The van der Waals surface area contributed by atoms with E-state index in [1.54, 1.807) is 6.20 Å². The zero-order valence-electron chi connectivity index (χ0n) is 11.2. The largest absolute Gasteiger partial charge is 0.388 e. The Morgan fingerprint density at radius 2 is 2.05 bits per heavy atom. The topological polar surface area (TPSA) is 68.4 Å². The molecule has 1 aromatic carbocycles. The average Bonchev–Trinajstić information content (AvgIpc) is 2.96. The number of fused-ring (bicyclic) bond motifs is 1. The first-order valence-corrected chi connectivity index (χ1v) is 6.78. The van der Waals surface area contributed by atoms with Gasteiger partial charge in [-0.1, -0.05) is 24.3 Å². The van der Waals surface area contributed by atoms with Crippen molar-refractivity contribution in [2.24, 2.45) is 5.73 Å². The van der Waals surface area contributed by atoms with E-state index in [1.807, 2.05) is 36.4 Å². The minimum Gasteiger partial charge on any atom is -0.388 e. The van der Waals surface area contributed by atoms with Crippen LogP contribution in [0.1, 0.15) is 34.4 Å². The van der Waals surface area contributed by atoms with Crippen LogP contribution >= 0.6 is 0 Å². The van der Waals surface area contributed by atoms with E-state index in [4.69, 9.17) is 10.5 Å². The van der Waals surface area contributed by atoms with Crippen LogP contribution in [0.3, 0.4) is 0 Å². The number of ether oxygens (including phenoxy) is 1. The third-order valence-corrected chi connectivity index (χ3v) is 3.79. The summed E-state index contributed by atoms with van der Waals surface area (Å²) < 4.78 is 5.40. The van der Waals surface area contributed by atoms with Gasteiger partial charge in [0.15, 0.2) is 0 Å². The van der Waals surface area contributed by atoms with Crippen LogP contribution in [-0.4, -0.2) is 16.6 Å². The van der Waals surface area contributed by atoms with E-state index in [-0.39, 0.29) is 5.92 Å². The molecule has 0 saturated carbocycles. The van der Waals surface area contributed by atoms with Crippen LogP contribution in [0.25, 0.3) is 0 Å². The Hall–Kier alpha value is -1.75. The molecule has 1 aliphatic heterocycles. The first-order valence-electron chi connectivity index (χ1n) is 6.78. The lowest BCUT2D eigenvalue weighted by atomic mass is 9.91. The summed E-state index contributed by atoms with van der Waals surface area (Å²) in [5.74, 6) is -0.198. The van der Waals surface area contributed by atoms with Gasteiger partial charge in [-0.05, 0) is 28.8 Å². The zero-order valence-corrected chi connectivity index (χ0v) is 11.2. The van der Waals surface area contributed by atoms with E-state index in [0.29, 0.717) is 19.8 Å². The number of nitrogens with zero attached hydrogens (tertiary/aromatic N) is 1. The number of aliphatic hydroxyl groups excluding tert-OH is 1. The molecule has 0 aliphatic carbocycles. The van der Waals surface area contributed by atoms with Crippen LogP contribution in [0.5, 0.6) is 0 Å². The number of nitrogens with two attached hydrogens (primary N) is 1. The van der Waals surface area contributed by atoms with Crippen molar-refractivity contribution in [3.8, 4) is 0 Å². The molecule has 0 fully saturated rings. The fourth-order valence-corrected chi connectivity index (χ4v) is 2.61. The van der Waals surface area contributed by atoms with Gasteiger partial charge in [0, 0.05) is 24.4 Å². The third-order valence-electron chi connectivity index (χ3n) is 3.79. The summed E-state index contributed by atoms with van der Waals surface area (Å²) in [5.41, 5.74) is 9.87. The van der Waals surface area contributed by atoms with Crippen LogP contribution in [0.4, 0.5) is 0 Å². The molecule has 3 rings (SSSR count). The molecule has 0 bridgehead atoms. The van der Waals surface area contributed by atoms with Crippen LogP contribution in [0.2, 0.25) is 0 Å².